The van der Waals surface area contributed by atoms with Crippen molar-refractivity contribution in [3.05, 3.63) is 93.5 Å². The van der Waals surface area contributed by atoms with E-state index in [0.29, 0.717) is 34.4 Å². The molecule has 0 heterocycles. The molecule has 5 nitrogen and oxygen atoms in total. The van der Waals surface area contributed by atoms with Crippen molar-refractivity contribution < 1.29 is 14.3 Å². The second-order valence-electron chi connectivity index (χ2n) is 7.30. The number of rotatable bonds is 7. The Balaban J connectivity index is 1.77. The number of nitrogens with one attached hydrogen (secondary N) is 1. The number of carbonyl (C=O) groups excluding carboxylic acids is 1. The predicted molar refractivity (Wildman–Crippen MR) is 127 cm³/mol. The third kappa shape index (κ3) is 5.90. The van der Waals surface area contributed by atoms with Crippen LogP contribution in [0.25, 0.3) is 6.08 Å². The SMILES string of the molecule is COc1cc(/C=C(\C#N)C(=O)Nc2ccccc2Cl)ccc1OCc1cc(C)cc(C)c1. The summed E-state index contributed by atoms with van der Waals surface area (Å²) in [6, 6.07) is 20.3. The van der Waals surface area contributed by atoms with Crippen LogP contribution in [0.2, 0.25) is 5.02 Å². The van der Waals surface area contributed by atoms with Gasteiger partial charge in [0.15, 0.2) is 11.5 Å². The van der Waals surface area contributed by atoms with E-state index < -0.39 is 5.91 Å². The summed E-state index contributed by atoms with van der Waals surface area (Å²) < 4.78 is 11.4. The smallest absolute Gasteiger partial charge is 0.266 e. The lowest BCUT2D eigenvalue weighted by atomic mass is 10.1. The zero-order valence-electron chi connectivity index (χ0n) is 18.1. The first-order valence-electron chi connectivity index (χ1n) is 9.95. The fourth-order valence-electron chi connectivity index (χ4n) is 3.27. The minimum absolute atomic E-state index is 0.0594. The monoisotopic (exact) mass is 446 g/mol. The van der Waals surface area contributed by atoms with Crippen LogP contribution in [0, 0.1) is 25.2 Å². The van der Waals surface area contributed by atoms with Gasteiger partial charge in [0.25, 0.3) is 5.91 Å². The van der Waals surface area contributed by atoms with Crippen LogP contribution in [0.4, 0.5) is 5.69 Å². The van der Waals surface area contributed by atoms with Gasteiger partial charge in [-0.2, -0.15) is 5.26 Å². The van der Waals surface area contributed by atoms with Crippen LogP contribution in [-0.2, 0) is 11.4 Å². The zero-order chi connectivity index (χ0) is 23.1. The van der Waals surface area contributed by atoms with E-state index in [2.05, 4.69) is 23.5 Å². The Bertz CT molecular complexity index is 1190. The molecule has 3 aromatic carbocycles. The maximum atomic E-state index is 12.5. The number of ether oxygens (including phenoxy) is 2. The predicted octanol–water partition coefficient (Wildman–Crippen LogP) is 6.09. The van der Waals surface area contributed by atoms with Crippen LogP contribution in [0.3, 0.4) is 0 Å². The Morgan fingerprint density at radius 2 is 1.78 bits per heavy atom. The maximum absolute atomic E-state index is 12.5. The molecule has 0 aliphatic heterocycles. The number of carbonyl (C=O) groups is 1. The molecule has 0 bridgehead atoms. The van der Waals surface area contributed by atoms with Gasteiger partial charge in [-0.25, -0.2) is 0 Å². The highest BCUT2D eigenvalue weighted by atomic mass is 35.5. The summed E-state index contributed by atoms with van der Waals surface area (Å²) in [6.07, 6.45) is 1.49. The van der Waals surface area contributed by atoms with Gasteiger partial charge in [-0.1, -0.05) is 59.1 Å². The molecular formula is C26H23ClN2O3. The van der Waals surface area contributed by atoms with Gasteiger partial charge in [-0.3, -0.25) is 4.79 Å². The van der Waals surface area contributed by atoms with E-state index in [1.165, 1.54) is 17.2 Å². The first-order valence-corrected chi connectivity index (χ1v) is 10.3. The first kappa shape index (κ1) is 22.9. The minimum Gasteiger partial charge on any atom is -0.493 e. The molecule has 0 fully saturated rings. The van der Waals surface area contributed by atoms with Gasteiger partial charge >= 0.3 is 0 Å². The number of hydrogen-bond acceptors (Lipinski definition) is 4. The normalized spacial score (nSPS) is 10.9. The topological polar surface area (TPSA) is 71.3 Å². The highest BCUT2D eigenvalue weighted by molar-refractivity contribution is 6.34. The molecule has 0 unspecified atom stereocenters. The summed E-state index contributed by atoms with van der Waals surface area (Å²) in [4.78, 5) is 12.5. The van der Waals surface area contributed by atoms with Crippen molar-refractivity contribution in [2.24, 2.45) is 0 Å². The molecule has 0 atom stereocenters. The van der Waals surface area contributed by atoms with Crippen molar-refractivity contribution in [1.29, 1.82) is 5.26 Å². The van der Waals surface area contributed by atoms with Crippen LogP contribution in [-0.4, -0.2) is 13.0 Å². The van der Waals surface area contributed by atoms with E-state index in [9.17, 15) is 10.1 Å². The number of benzene rings is 3. The average Bonchev–Trinajstić information content (AvgIpc) is 2.77. The average molecular weight is 447 g/mol. The van der Waals surface area contributed by atoms with Gasteiger partial charge in [0.1, 0.15) is 18.2 Å². The van der Waals surface area contributed by atoms with Crippen LogP contribution in [0.1, 0.15) is 22.3 Å². The summed E-state index contributed by atoms with van der Waals surface area (Å²) in [6.45, 7) is 4.50. The van der Waals surface area contributed by atoms with Crippen molar-refractivity contribution in [2.45, 2.75) is 20.5 Å². The third-order valence-electron chi connectivity index (χ3n) is 4.66. The summed E-state index contributed by atoms with van der Waals surface area (Å²) in [5, 5.41) is 12.5. The molecule has 0 spiro atoms. The number of hydrogen-bond donors (Lipinski definition) is 1. The summed E-state index contributed by atoms with van der Waals surface area (Å²) in [7, 11) is 1.54. The molecule has 0 aliphatic carbocycles. The molecule has 32 heavy (non-hydrogen) atoms. The van der Waals surface area contributed by atoms with Crippen LogP contribution < -0.4 is 14.8 Å². The molecular weight excluding hydrogens is 424 g/mol. The lowest BCUT2D eigenvalue weighted by Gasteiger charge is -2.12. The van der Waals surface area contributed by atoms with Crippen molar-refractivity contribution in [1.82, 2.24) is 0 Å². The molecule has 3 aromatic rings. The van der Waals surface area contributed by atoms with E-state index in [-0.39, 0.29) is 5.57 Å². The van der Waals surface area contributed by atoms with Crippen LogP contribution in [0.5, 0.6) is 11.5 Å². The number of anilines is 1. The molecule has 162 valence electrons. The van der Waals surface area contributed by atoms with Gasteiger partial charge < -0.3 is 14.8 Å². The Morgan fingerprint density at radius 1 is 1.06 bits per heavy atom. The lowest BCUT2D eigenvalue weighted by Crippen LogP contribution is -2.13. The number of halogens is 1. The van der Waals surface area contributed by atoms with Crippen molar-refractivity contribution >= 4 is 29.3 Å². The highest BCUT2D eigenvalue weighted by Crippen LogP contribution is 2.30. The molecule has 0 aliphatic rings. The highest BCUT2D eigenvalue weighted by Gasteiger charge is 2.12. The number of nitrogens with zero attached hydrogens (tertiary/aromatic N) is 1. The van der Waals surface area contributed by atoms with Crippen molar-refractivity contribution in [2.75, 3.05) is 12.4 Å². The van der Waals surface area contributed by atoms with Gasteiger partial charge in [0, 0.05) is 0 Å². The standard InChI is InChI=1S/C26H23ClN2O3/c1-17-10-18(2)12-20(11-17)16-32-24-9-8-19(14-25(24)31-3)13-21(15-28)26(30)29-23-7-5-4-6-22(23)27/h4-14H,16H2,1-3H3,(H,29,30)/b21-13+. The molecule has 0 saturated heterocycles. The Hall–Kier alpha value is -3.75. The Kier molecular flexibility index (Phi) is 7.54. The third-order valence-corrected chi connectivity index (χ3v) is 4.99. The molecule has 6 heteroatoms. The zero-order valence-corrected chi connectivity index (χ0v) is 18.9. The molecule has 0 radical (unpaired) electrons. The van der Waals surface area contributed by atoms with E-state index in [1.54, 1.807) is 49.6 Å². The Morgan fingerprint density at radius 3 is 2.44 bits per heavy atom. The number of para-hydroxylation sites is 1. The minimum atomic E-state index is -0.547. The van der Waals surface area contributed by atoms with Gasteiger partial charge in [0.05, 0.1) is 17.8 Å². The first-order chi connectivity index (χ1) is 15.4. The Labute approximate surface area is 192 Å². The van der Waals surface area contributed by atoms with Crippen LogP contribution >= 0.6 is 11.6 Å². The van der Waals surface area contributed by atoms with Gasteiger partial charge in [-0.05, 0) is 55.3 Å². The largest absolute Gasteiger partial charge is 0.493 e. The fraction of sp³-hybridized carbons (Fsp3) is 0.154. The van der Waals surface area contributed by atoms with E-state index in [1.807, 2.05) is 19.9 Å². The van der Waals surface area contributed by atoms with E-state index in [4.69, 9.17) is 21.1 Å². The number of aryl methyl sites for hydroxylation is 2. The second kappa shape index (κ2) is 10.5. The molecule has 0 saturated carbocycles. The van der Waals surface area contributed by atoms with Crippen molar-refractivity contribution in [3.63, 3.8) is 0 Å². The van der Waals surface area contributed by atoms with Crippen LogP contribution in [0.15, 0.2) is 66.2 Å². The molecule has 0 aromatic heterocycles. The number of methoxy groups -OCH3 is 1. The summed E-state index contributed by atoms with van der Waals surface area (Å²) in [5.41, 5.74) is 4.43. The number of amides is 1. The van der Waals surface area contributed by atoms with Crippen molar-refractivity contribution in [3.8, 4) is 17.6 Å². The maximum Gasteiger partial charge on any atom is 0.266 e. The second-order valence-corrected chi connectivity index (χ2v) is 7.71. The quantitative estimate of drug-likeness (QED) is 0.352. The van der Waals surface area contributed by atoms with E-state index in [0.717, 1.165) is 5.56 Å². The fourth-order valence-corrected chi connectivity index (χ4v) is 3.46. The number of nitriles is 1. The van der Waals surface area contributed by atoms with Gasteiger partial charge in [-0.15, -0.1) is 0 Å². The summed E-state index contributed by atoms with van der Waals surface area (Å²) in [5.74, 6) is 0.532. The molecule has 1 N–H and O–H groups in total. The molecule has 3 rings (SSSR count). The van der Waals surface area contributed by atoms with E-state index >= 15 is 0 Å². The lowest BCUT2D eigenvalue weighted by molar-refractivity contribution is -0.112. The van der Waals surface area contributed by atoms with Gasteiger partial charge in [0.2, 0.25) is 0 Å². The summed E-state index contributed by atoms with van der Waals surface area (Å²) >= 11 is 6.08. The molecule has 1 amide bonds.